The summed E-state index contributed by atoms with van der Waals surface area (Å²) in [7, 11) is 0. The number of nitrogens with two attached hydrogens (primary N) is 2. The molecule has 14 heteroatoms. The van der Waals surface area contributed by atoms with Crippen molar-refractivity contribution in [3.8, 4) is 0 Å². The number of thioether (sulfide) groups is 1. The van der Waals surface area contributed by atoms with E-state index in [-0.39, 0.29) is 44.1 Å². The van der Waals surface area contributed by atoms with E-state index >= 15 is 0 Å². The molecule has 6 amide bonds. The van der Waals surface area contributed by atoms with Crippen molar-refractivity contribution in [1.29, 1.82) is 0 Å². The molecule has 2 aromatic carbocycles. The average molecular weight is 724 g/mol. The highest BCUT2D eigenvalue weighted by Gasteiger charge is 2.41. The Bertz CT molecular complexity index is 1460. The molecule has 0 aromatic heterocycles. The van der Waals surface area contributed by atoms with E-state index in [1.54, 1.807) is 0 Å². The van der Waals surface area contributed by atoms with E-state index in [0.717, 1.165) is 11.1 Å². The lowest BCUT2D eigenvalue weighted by atomic mass is 10.0. The van der Waals surface area contributed by atoms with E-state index in [0.29, 0.717) is 31.6 Å². The summed E-state index contributed by atoms with van der Waals surface area (Å²) < 4.78 is 0. The lowest BCUT2D eigenvalue weighted by Gasteiger charge is -2.30. The highest BCUT2D eigenvalue weighted by molar-refractivity contribution is 7.98. The van der Waals surface area contributed by atoms with Gasteiger partial charge in [-0.1, -0.05) is 74.5 Å². The van der Waals surface area contributed by atoms with Crippen LogP contribution >= 0.6 is 11.8 Å². The summed E-state index contributed by atoms with van der Waals surface area (Å²) in [4.78, 5) is 81.2. The van der Waals surface area contributed by atoms with Gasteiger partial charge < -0.3 is 37.6 Å². The van der Waals surface area contributed by atoms with Gasteiger partial charge in [0.2, 0.25) is 35.4 Å². The molecular formula is C37H53N7O6S. The zero-order valence-electron chi connectivity index (χ0n) is 29.8. The molecular weight excluding hydrogens is 671 g/mol. The zero-order chi connectivity index (χ0) is 37.3. The third kappa shape index (κ3) is 13.3. The molecule has 0 saturated carbocycles. The third-order valence-corrected chi connectivity index (χ3v) is 9.30. The fraction of sp³-hybridized carbons (Fsp3) is 0.514. The number of carbonyl (C=O) groups excluding carboxylic acids is 6. The van der Waals surface area contributed by atoms with Crippen LogP contribution in [0.4, 0.5) is 0 Å². The van der Waals surface area contributed by atoms with Crippen LogP contribution in [-0.2, 0) is 41.6 Å². The van der Waals surface area contributed by atoms with Crippen LogP contribution < -0.4 is 32.7 Å². The first-order chi connectivity index (χ1) is 24.4. The molecule has 1 unspecified atom stereocenters. The van der Waals surface area contributed by atoms with Gasteiger partial charge in [0.15, 0.2) is 0 Å². The maximum Gasteiger partial charge on any atom is 0.245 e. The van der Waals surface area contributed by atoms with Gasteiger partial charge in [-0.2, -0.15) is 11.8 Å². The Morgan fingerprint density at radius 1 is 0.843 bits per heavy atom. The van der Waals surface area contributed by atoms with E-state index in [1.807, 2.05) is 80.8 Å². The summed E-state index contributed by atoms with van der Waals surface area (Å²) in [6.45, 7) is 4.41. The van der Waals surface area contributed by atoms with Crippen molar-refractivity contribution < 1.29 is 28.8 Å². The van der Waals surface area contributed by atoms with Crippen molar-refractivity contribution >= 4 is 47.2 Å². The topological polar surface area (TPSA) is 206 Å². The van der Waals surface area contributed by atoms with Gasteiger partial charge in [-0.05, 0) is 61.3 Å². The molecule has 51 heavy (non-hydrogen) atoms. The normalized spacial score (nSPS) is 16.5. The second-order valence-electron chi connectivity index (χ2n) is 13.2. The number of nitrogens with one attached hydrogen (secondary N) is 4. The van der Waals surface area contributed by atoms with Crippen LogP contribution in [0.25, 0.3) is 0 Å². The molecule has 0 spiro atoms. The first-order valence-electron chi connectivity index (χ1n) is 17.5. The smallest absolute Gasteiger partial charge is 0.245 e. The van der Waals surface area contributed by atoms with Crippen LogP contribution in [0, 0.1) is 5.92 Å². The fourth-order valence-electron chi connectivity index (χ4n) is 5.95. The lowest BCUT2D eigenvalue weighted by Crippen LogP contribution is -2.57. The van der Waals surface area contributed by atoms with Gasteiger partial charge in [0.1, 0.15) is 30.2 Å². The third-order valence-electron chi connectivity index (χ3n) is 8.66. The van der Waals surface area contributed by atoms with E-state index in [2.05, 4.69) is 21.3 Å². The van der Waals surface area contributed by atoms with E-state index in [1.165, 1.54) is 16.7 Å². The molecule has 278 valence electrons. The number of rotatable bonds is 21. The summed E-state index contributed by atoms with van der Waals surface area (Å²) in [6, 6.07) is 13.7. The van der Waals surface area contributed by atoms with Crippen molar-refractivity contribution in [2.75, 3.05) is 25.1 Å². The summed E-state index contributed by atoms with van der Waals surface area (Å²) in [5, 5.41) is 11.2. The molecule has 1 aliphatic rings. The highest BCUT2D eigenvalue weighted by atomic mass is 32.2. The Labute approximate surface area is 304 Å². The fourth-order valence-corrected chi connectivity index (χ4v) is 6.42. The van der Waals surface area contributed by atoms with Gasteiger partial charge in [-0.25, -0.2) is 0 Å². The van der Waals surface area contributed by atoms with Crippen molar-refractivity contribution in [3.63, 3.8) is 0 Å². The van der Waals surface area contributed by atoms with E-state index < -0.39 is 59.7 Å². The molecule has 1 heterocycles. The SMILES string of the molecule is CSCC[C@H](NC(=O)[C@@H](CC(C)C)N1CCC(NC(=O)[C@H](Cc2ccccc2)NC(=O)[C@H](Cc2ccccc2)NC(=O)CCCN)C1=O)C(N)=O. The quantitative estimate of drug-likeness (QED) is 0.110. The van der Waals surface area contributed by atoms with Crippen LogP contribution in [0.3, 0.4) is 0 Å². The number of primary amides is 1. The minimum Gasteiger partial charge on any atom is -0.368 e. The van der Waals surface area contributed by atoms with Crippen LogP contribution in [0.2, 0.25) is 0 Å². The first kappa shape index (κ1) is 41.0. The molecule has 3 rings (SSSR count). The second kappa shape index (κ2) is 21.1. The number of benzene rings is 2. The van der Waals surface area contributed by atoms with Crippen molar-refractivity contribution in [2.24, 2.45) is 17.4 Å². The zero-order valence-corrected chi connectivity index (χ0v) is 30.6. The molecule has 0 bridgehead atoms. The van der Waals surface area contributed by atoms with Gasteiger partial charge >= 0.3 is 0 Å². The number of carbonyl (C=O) groups is 6. The standard InChI is InChI=1S/C37H53N7O6S/c1-24(2)21-31(36(49)41-27(33(39)46)17-20-51-3)44-19-16-28(37(44)50)42-35(48)30(23-26-13-8-5-9-14-26)43-34(47)29(40-32(45)15-10-18-38)22-25-11-6-4-7-12-25/h4-9,11-14,24,27-31H,10,15-23,38H2,1-3H3,(H2,39,46)(H,40,45)(H,41,49)(H,42,48)(H,43,47)/t27-,28?,29-,30-,31+/m0/s1. The largest absolute Gasteiger partial charge is 0.368 e. The van der Waals surface area contributed by atoms with Gasteiger partial charge in [0.25, 0.3) is 0 Å². The average Bonchev–Trinajstić information content (AvgIpc) is 3.46. The summed E-state index contributed by atoms with van der Waals surface area (Å²) in [5.41, 5.74) is 12.7. The first-order valence-corrected chi connectivity index (χ1v) is 18.9. The number of likely N-dealkylation sites (tertiary alicyclic amines) is 1. The van der Waals surface area contributed by atoms with Gasteiger partial charge in [-0.3, -0.25) is 28.8 Å². The molecule has 1 fully saturated rings. The maximum absolute atomic E-state index is 13.9. The van der Waals surface area contributed by atoms with Crippen LogP contribution in [0.15, 0.2) is 60.7 Å². The predicted octanol–water partition coefficient (Wildman–Crippen LogP) is 1.04. The Hall–Kier alpha value is -4.43. The lowest BCUT2D eigenvalue weighted by molar-refractivity contribution is -0.141. The number of hydrogen-bond acceptors (Lipinski definition) is 8. The molecule has 1 aliphatic heterocycles. The van der Waals surface area contributed by atoms with Crippen LogP contribution in [-0.4, -0.2) is 95.7 Å². The summed E-state index contributed by atoms with van der Waals surface area (Å²) >= 11 is 1.53. The van der Waals surface area contributed by atoms with Gasteiger partial charge in [0.05, 0.1) is 0 Å². The monoisotopic (exact) mass is 723 g/mol. The van der Waals surface area contributed by atoms with Crippen LogP contribution in [0.1, 0.15) is 57.1 Å². The van der Waals surface area contributed by atoms with Crippen LogP contribution in [0.5, 0.6) is 0 Å². The van der Waals surface area contributed by atoms with Crippen molar-refractivity contribution in [2.45, 2.75) is 89.0 Å². The highest BCUT2D eigenvalue weighted by Crippen LogP contribution is 2.21. The summed E-state index contributed by atoms with van der Waals surface area (Å²) in [5.74, 6) is -2.33. The molecule has 1 saturated heterocycles. The number of amides is 6. The van der Waals surface area contributed by atoms with E-state index in [9.17, 15) is 28.8 Å². The Kier molecular flexibility index (Phi) is 16.9. The number of hydrogen-bond donors (Lipinski definition) is 6. The molecule has 0 aliphatic carbocycles. The molecule has 2 aromatic rings. The second-order valence-corrected chi connectivity index (χ2v) is 14.2. The molecule has 5 atom stereocenters. The van der Waals surface area contributed by atoms with Crippen molar-refractivity contribution in [3.05, 3.63) is 71.8 Å². The van der Waals surface area contributed by atoms with Gasteiger partial charge in [0, 0.05) is 25.8 Å². The minimum absolute atomic E-state index is 0.0468. The predicted molar refractivity (Wildman–Crippen MR) is 198 cm³/mol. The van der Waals surface area contributed by atoms with Crippen molar-refractivity contribution in [1.82, 2.24) is 26.2 Å². The molecule has 13 nitrogen and oxygen atoms in total. The number of nitrogens with zero attached hydrogens (tertiary/aromatic N) is 1. The minimum atomic E-state index is -1.08. The van der Waals surface area contributed by atoms with E-state index in [4.69, 9.17) is 11.5 Å². The van der Waals surface area contributed by atoms with Gasteiger partial charge in [-0.15, -0.1) is 0 Å². The Morgan fingerprint density at radius 2 is 1.41 bits per heavy atom. The maximum atomic E-state index is 13.9. The summed E-state index contributed by atoms with van der Waals surface area (Å²) in [6.07, 6.45) is 3.79. The Morgan fingerprint density at radius 3 is 1.94 bits per heavy atom. The molecule has 0 radical (unpaired) electrons. The molecule has 8 N–H and O–H groups in total. The Balaban J connectivity index is 1.79.